The Morgan fingerprint density at radius 1 is 1.43 bits per heavy atom. The van der Waals surface area contributed by atoms with Gasteiger partial charge in [-0.3, -0.25) is 9.78 Å². The van der Waals surface area contributed by atoms with Crippen LogP contribution in [0.25, 0.3) is 10.9 Å². The monoisotopic (exact) mass is 288 g/mol. The van der Waals surface area contributed by atoms with Gasteiger partial charge in [-0.15, -0.1) is 0 Å². The summed E-state index contributed by atoms with van der Waals surface area (Å²) in [7, 11) is 0. The molecule has 5 heteroatoms. The molecule has 1 aliphatic rings. The van der Waals surface area contributed by atoms with Crippen molar-refractivity contribution >= 4 is 16.8 Å². The van der Waals surface area contributed by atoms with Gasteiger partial charge in [0, 0.05) is 23.7 Å². The van der Waals surface area contributed by atoms with Gasteiger partial charge in [-0.25, -0.2) is 4.39 Å². The second-order valence-corrected chi connectivity index (χ2v) is 5.73. The van der Waals surface area contributed by atoms with E-state index in [1.54, 1.807) is 19.1 Å². The summed E-state index contributed by atoms with van der Waals surface area (Å²) >= 11 is 0. The first-order valence-corrected chi connectivity index (χ1v) is 7.04. The van der Waals surface area contributed by atoms with Crippen LogP contribution in [0.3, 0.4) is 0 Å². The van der Waals surface area contributed by atoms with Crippen molar-refractivity contribution in [2.75, 3.05) is 6.54 Å². The van der Waals surface area contributed by atoms with Gasteiger partial charge >= 0.3 is 0 Å². The van der Waals surface area contributed by atoms with Gasteiger partial charge in [0.15, 0.2) is 0 Å². The van der Waals surface area contributed by atoms with Crippen LogP contribution >= 0.6 is 0 Å². The molecule has 0 bridgehead atoms. The first-order valence-electron chi connectivity index (χ1n) is 7.04. The minimum absolute atomic E-state index is 0.246. The van der Waals surface area contributed by atoms with Crippen LogP contribution in [0.1, 0.15) is 35.3 Å². The van der Waals surface area contributed by atoms with Crippen molar-refractivity contribution in [3.05, 3.63) is 41.3 Å². The highest BCUT2D eigenvalue weighted by molar-refractivity contribution is 6.06. The number of fused-ring (bicyclic) bond motifs is 1. The molecule has 0 spiro atoms. The molecule has 110 valence electrons. The number of nitrogens with one attached hydrogen (secondary N) is 1. The molecule has 0 radical (unpaired) electrons. The van der Waals surface area contributed by atoms with E-state index in [9.17, 15) is 14.3 Å². The predicted octanol–water partition coefficient (Wildman–Crippen LogP) is 2.33. The Balaban J connectivity index is 1.89. The van der Waals surface area contributed by atoms with Gasteiger partial charge in [-0.05, 0) is 44.4 Å². The molecule has 0 atom stereocenters. The molecule has 1 fully saturated rings. The summed E-state index contributed by atoms with van der Waals surface area (Å²) in [5.74, 6) is -0.645. The standard InChI is InChI=1S/C16H17FN2O2/c1-10-7-13(12-4-3-11(17)8-14(12)19-10)15(20)18-9-16(21)5-2-6-16/h3-4,7-8,21H,2,5-6,9H2,1H3,(H,18,20). The van der Waals surface area contributed by atoms with Crippen LogP contribution in [-0.4, -0.2) is 28.1 Å². The summed E-state index contributed by atoms with van der Waals surface area (Å²) in [4.78, 5) is 16.6. The van der Waals surface area contributed by atoms with Crippen molar-refractivity contribution in [3.63, 3.8) is 0 Å². The molecule has 1 amide bonds. The Hall–Kier alpha value is -2.01. The van der Waals surface area contributed by atoms with Crippen LogP contribution in [0.4, 0.5) is 4.39 Å². The highest BCUT2D eigenvalue weighted by Gasteiger charge is 2.34. The number of aromatic nitrogens is 1. The minimum atomic E-state index is -0.764. The zero-order chi connectivity index (χ0) is 15.0. The van der Waals surface area contributed by atoms with E-state index in [1.807, 2.05) is 0 Å². The Morgan fingerprint density at radius 3 is 2.86 bits per heavy atom. The lowest BCUT2D eigenvalue weighted by molar-refractivity contribution is -0.0300. The molecular weight excluding hydrogens is 271 g/mol. The number of amides is 1. The number of hydrogen-bond donors (Lipinski definition) is 2. The van der Waals surface area contributed by atoms with Crippen molar-refractivity contribution in [1.29, 1.82) is 0 Å². The van der Waals surface area contributed by atoms with E-state index in [0.29, 0.717) is 35.0 Å². The number of carbonyl (C=O) groups is 1. The lowest BCUT2D eigenvalue weighted by Gasteiger charge is -2.36. The maximum Gasteiger partial charge on any atom is 0.252 e. The van der Waals surface area contributed by atoms with Gasteiger partial charge in [-0.1, -0.05) is 0 Å². The lowest BCUT2D eigenvalue weighted by atomic mass is 9.80. The predicted molar refractivity (Wildman–Crippen MR) is 77.6 cm³/mol. The Bertz CT molecular complexity index is 705. The maximum absolute atomic E-state index is 13.3. The Labute approximate surface area is 122 Å². The molecule has 1 aromatic carbocycles. The molecule has 1 aliphatic carbocycles. The number of nitrogens with zero attached hydrogens (tertiary/aromatic N) is 1. The SMILES string of the molecule is Cc1cc(C(=O)NCC2(O)CCC2)c2ccc(F)cc2n1. The van der Waals surface area contributed by atoms with Crippen LogP contribution in [0, 0.1) is 12.7 Å². The third kappa shape index (κ3) is 2.74. The van der Waals surface area contributed by atoms with Crippen LogP contribution in [0.5, 0.6) is 0 Å². The average molecular weight is 288 g/mol. The second-order valence-electron chi connectivity index (χ2n) is 5.73. The van der Waals surface area contributed by atoms with Crippen LogP contribution in [0.15, 0.2) is 24.3 Å². The van der Waals surface area contributed by atoms with Crippen molar-refractivity contribution < 1.29 is 14.3 Å². The fourth-order valence-corrected chi connectivity index (χ4v) is 2.62. The molecule has 1 saturated carbocycles. The van der Waals surface area contributed by atoms with Crippen molar-refractivity contribution in [2.45, 2.75) is 31.8 Å². The molecule has 0 unspecified atom stereocenters. The molecule has 1 heterocycles. The molecule has 2 N–H and O–H groups in total. The third-order valence-electron chi connectivity index (χ3n) is 4.01. The summed E-state index contributed by atoms with van der Waals surface area (Å²) in [5.41, 5.74) is 0.808. The number of benzene rings is 1. The number of rotatable bonds is 3. The fraction of sp³-hybridized carbons (Fsp3) is 0.375. The summed E-state index contributed by atoms with van der Waals surface area (Å²) in [6.07, 6.45) is 2.42. The van der Waals surface area contributed by atoms with Gasteiger partial charge in [0.2, 0.25) is 0 Å². The lowest BCUT2D eigenvalue weighted by Crippen LogP contribution is -2.47. The molecule has 4 nitrogen and oxygen atoms in total. The quantitative estimate of drug-likeness (QED) is 0.911. The molecule has 3 rings (SSSR count). The summed E-state index contributed by atoms with van der Waals surface area (Å²) in [6.45, 7) is 2.01. The van der Waals surface area contributed by atoms with E-state index < -0.39 is 5.60 Å². The zero-order valence-electron chi connectivity index (χ0n) is 11.8. The Morgan fingerprint density at radius 2 is 2.19 bits per heavy atom. The normalized spacial score (nSPS) is 16.5. The number of halogens is 1. The molecular formula is C16H17FN2O2. The first kappa shape index (κ1) is 13.9. The van der Waals surface area contributed by atoms with Gasteiger partial charge in [0.25, 0.3) is 5.91 Å². The van der Waals surface area contributed by atoms with E-state index in [-0.39, 0.29) is 18.3 Å². The van der Waals surface area contributed by atoms with Gasteiger partial charge < -0.3 is 10.4 Å². The highest BCUT2D eigenvalue weighted by atomic mass is 19.1. The van der Waals surface area contributed by atoms with E-state index >= 15 is 0 Å². The second kappa shape index (κ2) is 5.07. The van der Waals surface area contributed by atoms with E-state index in [4.69, 9.17) is 0 Å². The number of hydrogen-bond acceptors (Lipinski definition) is 3. The van der Waals surface area contributed by atoms with E-state index in [1.165, 1.54) is 12.1 Å². The average Bonchev–Trinajstić information content (AvgIpc) is 2.41. The Kier molecular flexibility index (Phi) is 3.37. The van der Waals surface area contributed by atoms with Crippen LogP contribution < -0.4 is 5.32 Å². The largest absolute Gasteiger partial charge is 0.388 e. The van der Waals surface area contributed by atoms with Crippen molar-refractivity contribution in [2.24, 2.45) is 0 Å². The van der Waals surface area contributed by atoms with Crippen molar-refractivity contribution in [1.82, 2.24) is 10.3 Å². The zero-order valence-corrected chi connectivity index (χ0v) is 11.8. The van der Waals surface area contributed by atoms with Crippen LogP contribution in [0.2, 0.25) is 0 Å². The smallest absolute Gasteiger partial charge is 0.252 e. The van der Waals surface area contributed by atoms with Gasteiger partial charge in [-0.2, -0.15) is 0 Å². The first-order chi connectivity index (χ1) is 9.97. The third-order valence-corrected chi connectivity index (χ3v) is 4.01. The van der Waals surface area contributed by atoms with Gasteiger partial charge in [0.05, 0.1) is 16.7 Å². The molecule has 21 heavy (non-hydrogen) atoms. The molecule has 2 aromatic rings. The number of pyridine rings is 1. The number of aliphatic hydroxyl groups is 1. The molecule has 0 saturated heterocycles. The molecule has 0 aliphatic heterocycles. The fourth-order valence-electron chi connectivity index (χ4n) is 2.62. The number of aryl methyl sites for hydroxylation is 1. The molecule has 1 aromatic heterocycles. The van der Waals surface area contributed by atoms with E-state index in [2.05, 4.69) is 10.3 Å². The van der Waals surface area contributed by atoms with Gasteiger partial charge in [0.1, 0.15) is 5.82 Å². The maximum atomic E-state index is 13.3. The summed E-state index contributed by atoms with van der Waals surface area (Å²) in [6, 6.07) is 5.87. The number of carbonyl (C=O) groups excluding carboxylic acids is 1. The summed E-state index contributed by atoms with van der Waals surface area (Å²) in [5, 5.41) is 13.4. The summed E-state index contributed by atoms with van der Waals surface area (Å²) < 4.78 is 13.3. The van der Waals surface area contributed by atoms with E-state index in [0.717, 1.165) is 6.42 Å². The minimum Gasteiger partial charge on any atom is -0.388 e. The topological polar surface area (TPSA) is 62.2 Å². The van der Waals surface area contributed by atoms with Crippen LogP contribution in [-0.2, 0) is 0 Å². The highest BCUT2D eigenvalue weighted by Crippen LogP contribution is 2.30. The van der Waals surface area contributed by atoms with Crippen molar-refractivity contribution in [3.8, 4) is 0 Å².